The van der Waals surface area contributed by atoms with Gasteiger partial charge in [0.2, 0.25) is 0 Å². The van der Waals surface area contributed by atoms with E-state index in [1.54, 1.807) is 12.4 Å². The van der Waals surface area contributed by atoms with Crippen molar-refractivity contribution >= 4 is 16.8 Å². The number of rotatable bonds is 2. The van der Waals surface area contributed by atoms with Gasteiger partial charge in [-0.25, -0.2) is 4.98 Å². The van der Waals surface area contributed by atoms with Gasteiger partial charge in [-0.15, -0.1) is 0 Å². The van der Waals surface area contributed by atoms with E-state index in [0.29, 0.717) is 18.7 Å². The van der Waals surface area contributed by atoms with Gasteiger partial charge in [0, 0.05) is 41.9 Å². The molecule has 0 bridgehead atoms. The van der Waals surface area contributed by atoms with E-state index in [9.17, 15) is 4.79 Å². The van der Waals surface area contributed by atoms with Crippen molar-refractivity contribution in [3.05, 3.63) is 77.6 Å². The molecule has 0 atom stereocenters. The maximum absolute atomic E-state index is 13.1. The predicted octanol–water partition coefficient (Wildman–Crippen LogP) is 3.53. The number of nitrogens with zero attached hydrogens (tertiary/aromatic N) is 4. The molecule has 4 aromatic rings. The molecule has 0 aliphatic carbocycles. The number of hydrogen-bond donors (Lipinski definition) is 1. The number of nitrogens with one attached hydrogen (secondary N) is 1. The Morgan fingerprint density at radius 3 is 2.96 bits per heavy atom. The van der Waals surface area contributed by atoms with Gasteiger partial charge in [-0.2, -0.15) is 0 Å². The molecular weight excluding hydrogens is 350 g/mol. The van der Waals surface area contributed by atoms with Crippen molar-refractivity contribution < 1.29 is 4.79 Å². The molecule has 0 unspecified atom stereocenters. The maximum Gasteiger partial charge on any atom is 0.254 e. The maximum atomic E-state index is 13.1. The van der Waals surface area contributed by atoms with E-state index >= 15 is 0 Å². The molecule has 1 amide bonds. The Balaban J connectivity index is 1.48. The SMILES string of the molecule is Cc1nc2c([nH]1)CN(C(=O)c1cccc(-c3nccc4ncccc34)c1)CC2. The lowest BCUT2D eigenvalue weighted by Gasteiger charge is -2.26. The van der Waals surface area contributed by atoms with Crippen molar-refractivity contribution in [1.29, 1.82) is 0 Å². The fourth-order valence-corrected chi connectivity index (χ4v) is 3.82. The van der Waals surface area contributed by atoms with Crippen LogP contribution >= 0.6 is 0 Å². The topological polar surface area (TPSA) is 74.8 Å². The van der Waals surface area contributed by atoms with Crippen LogP contribution in [0.1, 0.15) is 27.6 Å². The lowest BCUT2D eigenvalue weighted by molar-refractivity contribution is 0.0732. The van der Waals surface area contributed by atoms with Crippen LogP contribution < -0.4 is 0 Å². The Hall–Kier alpha value is -3.54. The van der Waals surface area contributed by atoms with Crippen molar-refractivity contribution in [2.75, 3.05) is 6.54 Å². The van der Waals surface area contributed by atoms with Crippen LogP contribution in [0.2, 0.25) is 0 Å². The van der Waals surface area contributed by atoms with Crippen molar-refractivity contribution in [3.63, 3.8) is 0 Å². The minimum atomic E-state index is 0.0260. The molecule has 1 aromatic carbocycles. The Bertz CT molecular complexity index is 1190. The highest BCUT2D eigenvalue weighted by atomic mass is 16.2. The standard InChI is InChI=1S/C22H19N5O/c1-14-25-19-8-11-27(13-20(19)26-14)22(28)16-5-2-4-15(12-16)21-17-6-3-9-23-18(17)7-10-24-21/h2-7,9-10,12H,8,11,13H2,1H3,(H,25,26). The number of carbonyl (C=O) groups excluding carboxylic acids is 1. The Morgan fingerprint density at radius 2 is 2.04 bits per heavy atom. The van der Waals surface area contributed by atoms with E-state index in [1.165, 1.54) is 0 Å². The van der Waals surface area contributed by atoms with Gasteiger partial charge in [0.05, 0.1) is 29.1 Å². The van der Waals surface area contributed by atoms with Crippen molar-refractivity contribution in [1.82, 2.24) is 24.8 Å². The molecule has 1 aliphatic heterocycles. The number of H-pyrrole nitrogens is 1. The van der Waals surface area contributed by atoms with E-state index < -0.39 is 0 Å². The number of benzene rings is 1. The summed E-state index contributed by atoms with van der Waals surface area (Å²) in [4.78, 5) is 31.7. The molecule has 138 valence electrons. The van der Waals surface area contributed by atoms with Gasteiger partial charge in [-0.1, -0.05) is 12.1 Å². The van der Waals surface area contributed by atoms with Crippen LogP contribution in [-0.2, 0) is 13.0 Å². The van der Waals surface area contributed by atoms with Gasteiger partial charge < -0.3 is 9.88 Å². The molecule has 6 heteroatoms. The molecule has 3 aromatic heterocycles. The van der Waals surface area contributed by atoms with Crippen LogP contribution in [0.15, 0.2) is 54.9 Å². The molecular formula is C22H19N5O. The molecule has 0 radical (unpaired) electrons. The summed E-state index contributed by atoms with van der Waals surface area (Å²) in [5.74, 6) is 0.926. The molecule has 6 nitrogen and oxygen atoms in total. The lowest BCUT2D eigenvalue weighted by atomic mass is 10.0. The van der Waals surface area contributed by atoms with Crippen LogP contribution in [0.4, 0.5) is 0 Å². The van der Waals surface area contributed by atoms with Crippen LogP contribution in [0, 0.1) is 6.92 Å². The zero-order chi connectivity index (χ0) is 19.1. The quantitative estimate of drug-likeness (QED) is 0.587. The van der Waals surface area contributed by atoms with Crippen molar-refractivity contribution in [3.8, 4) is 11.3 Å². The summed E-state index contributed by atoms with van der Waals surface area (Å²) in [5.41, 5.74) is 5.42. The molecule has 4 heterocycles. The highest BCUT2D eigenvalue weighted by Gasteiger charge is 2.24. The Labute approximate surface area is 162 Å². The van der Waals surface area contributed by atoms with Crippen LogP contribution in [0.3, 0.4) is 0 Å². The zero-order valence-corrected chi connectivity index (χ0v) is 15.5. The number of amides is 1. The molecule has 28 heavy (non-hydrogen) atoms. The monoisotopic (exact) mass is 369 g/mol. The van der Waals surface area contributed by atoms with Gasteiger partial charge >= 0.3 is 0 Å². The van der Waals surface area contributed by atoms with Crippen molar-refractivity contribution in [2.24, 2.45) is 0 Å². The number of carbonyl (C=O) groups is 1. The normalized spacial score (nSPS) is 13.5. The molecule has 5 rings (SSSR count). The number of fused-ring (bicyclic) bond motifs is 2. The smallest absolute Gasteiger partial charge is 0.254 e. The van der Waals surface area contributed by atoms with E-state index in [-0.39, 0.29) is 5.91 Å². The van der Waals surface area contributed by atoms with E-state index in [4.69, 9.17) is 0 Å². The summed E-state index contributed by atoms with van der Waals surface area (Å²) in [6, 6.07) is 13.5. The highest BCUT2D eigenvalue weighted by molar-refractivity contribution is 5.97. The number of imidazole rings is 1. The van der Waals surface area contributed by atoms with Crippen LogP contribution in [0.5, 0.6) is 0 Å². The number of aromatic amines is 1. The third-order valence-electron chi connectivity index (χ3n) is 5.15. The first-order valence-electron chi connectivity index (χ1n) is 9.33. The van der Waals surface area contributed by atoms with Crippen molar-refractivity contribution in [2.45, 2.75) is 19.9 Å². The van der Waals surface area contributed by atoms with Gasteiger partial charge in [0.1, 0.15) is 5.82 Å². The first-order valence-corrected chi connectivity index (χ1v) is 9.33. The number of aryl methyl sites for hydroxylation is 1. The number of pyridine rings is 2. The summed E-state index contributed by atoms with van der Waals surface area (Å²) in [6.45, 7) is 3.19. The average molecular weight is 369 g/mol. The molecule has 0 fully saturated rings. The van der Waals surface area contributed by atoms with E-state index in [0.717, 1.165) is 45.8 Å². The predicted molar refractivity (Wildman–Crippen MR) is 107 cm³/mol. The second-order valence-electron chi connectivity index (χ2n) is 7.03. The number of aromatic nitrogens is 4. The third-order valence-corrected chi connectivity index (χ3v) is 5.15. The first kappa shape index (κ1) is 16.6. The summed E-state index contributed by atoms with van der Waals surface area (Å²) in [5, 5.41) is 0.977. The lowest BCUT2D eigenvalue weighted by Crippen LogP contribution is -2.36. The minimum absolute atomic E-state index is 0.0260. The van der Waals surface area contributed by atoms with E-state index in [1.807, 2.05) is 54.3 Å². The van der Waals surface area contributed by atoms with Gasteiger partial charge in [-0.3, -0.25) is 14.8 Å². The molecule has 1 aliphatic rings. The third kappa shape index (κ3) is 2.83. The second-order valence-corrected chi connectivity index (χ2v) is 7.03. The Kier molecular flexibility index (Phi) is 3.90. The average Bonchev–Trinajstić information content (AvgIpc) is 3.12. The second kappa shape index (κ2) is 6.56. The van der Waals surface area contributed by atoms with Gasteiger partial charge in [0.25, 0.3) is 5.91 Å². The van der Waals surface area contributed by atoms with Gasteiger partial charge in [-0.05, 0) is 37.3 Å². The first-order chi connectivity index (χ1) is 13.7. The molecule has 0 saturated heterocycles. The fraction of sp³-hybridized carbons (Fsp3) is 0.182. The van der Waals surface area contributed by atoms with Gasteiger partial charge in [0.15, 0.2) is 0 Å². The molecule has 0 spiro atoms. The summed E-state index contributed by atoms with van der Waals surface area (Å²) in [6.07, 6.45) is 4.31. The number of hydrogen-bond acceptors (Lipinski definition) is 4. The highest BCUT2D eigenvalue weighted by Crippen LogP contribution is 2.27. The zero-order valence-electron chi connectivity index (χ0n) is 15.5. The largest absolute Gasteiger partial charge is 0.344 e. The van der Waals surface area contributed by atoms with Crippen LogP contribution in [0.25, 0.3) is 22.2 Å². The van der Waals surface area contributed by atoms with Crippen LogP contribution in [-0.4, -0.2) is 37.3 Å². The molecule has 0 saturated carbocycles. The van der Waals surface area contributed by atoms with E-state index in [2.05, 4.69) is 19.9 Å². The fourth-order valence-electron chi connectivity index (χ4n) is 3.82. The minimum Gasteiger partial charge on any atom is -0.344 e. The summed E-state index contributed by atoms with van der Waals surface area (Å²) >= 11 is 0. The summed E-state index contributed by atoms with van der Waals surface area (Å²) in [7, 11) is 0. The summed E-state index contributed by atoms with van der Waals surface area (Å²) < 4.78 is 0. The molecule has 1 N–H and O–H groups in total. The Morgan fingerprint density at radius 1 is 1.11 bits per heavy atom.